The number of aromatic nitrogens is 1. The van der Waals surface area contributed by atoms with Crippen LogP contribution < -0.4 is 0 Å². The van der Waals surface area contributed by atoms with E-state index in [1.807, 2.05) is 43.8 Å². The van der Waals surface area contributed by atoms with Gasteiger partial charge in [0, 0.05) is 30.1 Å². The molecule has 1 heterocycles. The summed E-state index contributed by atoms with van der Waals surface area (Å²) < 4.78 is 2.04. The molecule has 0 unspecified atom stereocenters. The van der Waals surface area contributed by atoms with Crippen LogP contribution in [0.15, 0.2) is 24.4 Å². The Kier molecular flexibility index (Phi) is 2.58. The molecule has 0 radical (unpaired) electrons. The lowest BCUT2D eigenvalue weighted by atomic mass is 10.00. The largest absolute Gasteiger partial charge is 0.350 e. The Bertz CT molecular complexity index is 549. The summed E-state index contributed by atoms with van der Waals surface area (Å²) in [5.41, 5.74) is 3.21. The molecule has 0 N–H and O–H groups in total. The van der Waals surface area contributed by atoms with Crippen molar-refractivity contribution in [3.63, 3.8) is 0 Å². The lowest BCUT2D eigenvalue weighted by molar-refractivity contribution is 0.0941. The van der Waals surface area contributed by atoms with Gasteiger partial charge in [-0.1, -0.05) is 32.0 Å². The number of carbonyl (C=O) groups excluding carboxylic acids is 1. The molecular weight excluding hydrogens is 198 g/mol. The van der Waals surface area contributed by atoms with Gasteiger partial charge >= 0.3 is 0 Å². The average Bonchev–Trinajstić information content (AvgIpc) is 2.56. The molecule has 2 aromatic rings. The monoisotopic (exact) mass is 215 g/mol. The van der Waals surface area contributed by atoms with Crippen LogP contribution in [0.3, 0.4) is 0 Å². The van der Waals surface area contributed by atoms with Crippen molar-refractivity contribution in [3.8, 4) is 0 Å². The van der Waals surface area contributed by atoms with Crippen LogP contribution in [0.2, 0.25) is 0 Å². The number of Topliss-reactive ketones (excluding diaryl/α,β-unsaturated/α-hetero) is 1. The molecule has 0 spiro atoms. The zero-order valence-electron chi connectivity index (χ0n) is 10.2. The Morgan fingerprint density at radius 1 is 1.31 bits per heavy atom. The highest BCUT2D eigenvalue weighted by Gasteiger charge is 2.17. The number of rotatable bonds is 2. The third-order valence-corrected chi connectivity index (χ3v) is 2.99. The Labute approximate surface area is 95.9 Å². The molecule has 0 saturated heterocycles. The normalized spacial score (nSPS) is 11.3. The summed E-state index contributed by atoms with van der Waals surface area (Å²) in [4.78, 5) is 12.1. The number of ketones is 1. The zero-order chi connectivity index (χ0) is 11.9. The zero-order valence-corrected chi connectivity index (χ0v) is 10.2. The molecule has 0 atom stereocenters. The van der Waals surface area contributed by atoms with Crippen molar-refractivity contribution in [3.05, 3.63) is 35.5 Å². The Morgan fingerprint density at radius 3 is 2.62 bits per heavy atom. The Hall–Kier alpha value is -1.57. The van der Waals surface area contributed by atoms with Crippen LogP contribution in [0.4, 0.5) is 0 Å². The van der Waals surface area contributed by atoms with Gasteiger partial charge in [-0.25, -0.2) is 0 Å². The van der Waals surface area contributed by atoms with Gasteiger partial charge in [0.1, 0.15) is 0 Å². The van der Waals surface area contributed by atoms with Gasteiger partial charge < -0.3 is 4.57 Å². The molecule has 0 aliphatic heterocycles. The second kappa shape index (κ2) is 3.78. The number of aryl methyl sites for hydroxylation is 2. The first-order valence-electron chi connectivity index (χ1n) is 5.61. The standard InChI is InChI=1S/C14H17NO/c1-9(2)14(16)12-8-15(4)13-10(3)6-5-7-11(12)13/h5-9H,1-4H3. The maximum atomic E-state index is 12.1. The molecule has 84 valence electrons. The predicted molar refractivity (Wildman–Crippen MR) is 66.8 cm³/mol. The van der Waals surface area contributed by atoms with Crippen LogP contribution >= 0.6 is 0 Å². The smallest absolute Gasteiger partial charge is 0.167 e. The molecule has 0 saturated carbocycles. The van der Waals surface area contributed by atoms with Gasteiger partial charge in [-0.05, 0) is 12.5 Å². The van der Waals surface area contributed by atoms with E-state index in [1.165, 1.54) is 5.56 Å². The number of carbonyl (C=O) groups is 1. The van der Waals surface area contributed by atoms with E-state index in [0.717, 1.165) is 16.5 Å². The van der Waals surface area contributed by atoms with Crippen molar-refractivity contribution < 1.29 is 4.79 Å². The minimum Gasteiger partial charge on any atom is -0.350 e. The summed E-state index contributed by atoms with van der Waals surface area (Å²) in [6.07, 6.45) is 1.94. The SMILES string of the molecule is Cc1cccc2c(C(=O)C(C)C)cn(C)c12. The van der Waals surface area contributed by atoms with Crippen LogP contribution in [0.1, 0.15) is 29.8 Å². The highest BCUT2D eigenvalue weighted by molar-refractivity contribution is 6.09. The van der Waals surface area contributed by atoms with Crippen LogP contribution in [0, 0.1) is 12.8 Å². The molecule has 16 heavy (non-hydrogen) atoms. The molecular formula is C14H17NO. The predicted octanol–water partition coefficient (Wildman–Crippen LogP) is 3.33. The van der Waals surface area contributed by atoms with Crippen LogP contribution in [-0.4, -0.2) is 10.4 Å². The summed E-state index contributed by atoms with van der Waals surface area (Å²) >= 11 is 0. The summed E-state index contributed by atoms with van der Waals surface area (Å²) in [5, 5.41) is 1.07. The van der Waals surface area contributed by atoms with E-state index in [-0.39, 0.29) is 11.7 Å². The first kappa shape index (κ1) is 10.9. The molecule has 2 nitrogen and oxygen atoms in total. The topological polar surface area (TPSA) is 22.0 Å². The van der Waals surface area contributed by atoms with Crippen molar-refractivity contribution >= 4 is 16.7 Å². The van der Waals surface area contributed by atoms with E-state index in [1.54, 1.807) is 0 Å². The quantitative estimate of drug-likeness (QED) is 0.704. The first-order chi connectivity index (χ1) is 7.52. The Morgan fingerprint density at radius 2 is 2.00 bits per heavy atom. The fraction of sp³-hybridized carbons (Fsp3) is 0.357. The Balaban J connectivity index is 2.74. The summed E-state index contributed by atoms with van der Waals surface area (Å²) in [6.45, 7) is 5.96. The highest BCUT2D eigenvalue weighted by Crippen LogP contribution is 2.25. The van der Waals surface area contributed by atoms with Crippen LogP contribution in [0.5, 0.6) is 0 Å². The molecule has 1 aromatic carbocycles. The second-order valence-electron chi connectivity index (χ2n) is 4.64. The molecule has 0 bridgehead atoms. The third-order valence-electron chi connectivity index (χ3n) is 2.99. The number of para-hydroxylation sites is 1. The van der Waals surface area contributed by atoms with Crippen molar-refractivity contribution in [2.45, 2.75) is 20.8 Å². The van der Waals surface area contributed by atoms with Gasteiger partial charge in [-0.2, -0.15) is 0 Å². The minimum absolute atomic E-state index is 0.0473. The summed E-state index contributed by atoms with van der Waals surface area (Å²) in [5.74, 6) is 0.266. The molecule has 2 heteroatoms. The molecule has 2 rings (SSSR count). The lowest BCUT2D eigenvalue weighted by Gasteiger charge is -2.02. The number of hydrogen-bond acceptors (Lipinski definition) is 1. The van der Waals surface area contributed by atoms with E-state index in [9.17, 15) is 4.79 Å². The highest BCUT2D eigenvalue weighted by atomic mass is 16.1. The fourth-order valence-electron chi connectivity index (χ4n) is 2.18. The first-order valence-corrected chi connectivity index (χ1v) is 5.61. The van der Waals surface area contributed by atoms with Gasteiger partial charge in [0.2, 0.25) is 0 Å². The van der Waals surface area contributed by atoms with Gasteiger partial charge in [-0.3, -0.25) is 4.79 Å². The van der Waals surface area contributed by atoms with Crippen molar-refractivity contribution in [2.24, 2.45) is 13.0 Å². The number of benzene rings is 1. The van der Waals surface area contributed by atoms with Crippen LogP contribution in [-0.2, 0) is 7.05 Å². The second-order valence-corrected chi connectivity index (χ2v) is 4.64. The van der Waals surface area contributed by atoms with E-state index in [2.05, 4.69) is 13.0 Å². The lowest BCUT2D eigenvalue weighted by Crippen LogP contribution is -2.06. The molecule has 0 aliphatic rings. The summed E-state index contributed by atoms with van der Waals surface area (Å²) in [7, 11) is 1.99. The van der Waals surface area contributed by atoms with Gasteiger partial charge in [0.15, 0.2) is 5.78 Å². The van der Waals surface area contributed by atoms with E-state index < -0.39 is 0 Å². The van der Waals surface area contributed by atoms with Crippen LogP contribution in [0.25, 0.3) is 10.9 Å². The number of fused-ring (bicyclic) bond motifs is 1. The third kappa shape index (κ3) is 1.54. The average molecular weight is 215 g/mol. The van der Waals surface area contributed by atoms with Gasteiger partial charge in [-0.15, -0.1) is 0 Å². The van der Waals surface area contributed by atoms with Crippen molar-refractivity contribution in [1.82, 2.24) is 4.57 Å². The molecule has 0 aliphatic carbocycles. The number of hydrogen-bond donors (Lipinski definition) is 0. The minimum atomic E-state index is 0.0473. The molecule has 1 aromatic heterocycles. The van der Waals surface area contributed by atoms with Gasteiger partial charge in [0.05, 0.1) is 5.52 Å². The molecule has 0 amide bonds. The maximum absolute atomic E-state index is 12.1. The van der Waals surface area contributed by atoms with E-state index >= 15 is 0 Å². The molecule has 0 fully saturated rings. The van der Waals surface area contributed by atoms with E-state index in [0.29, 0.717) is 0 Å². The maximum Gasteiger partial charge on any atom is 0.167 e. The van der Waals surface area contributed by atoms with Gasteiger partial charge in [0.25, 0.3) is 0 Å². The van der Waals surface area contributed by atoms with Crippen molar-refractivity contribution in [2.75, 3.05) is 0 Å². The van der Waals surface area contributed by atoms with Crippen molar-refractivity contribution in [1.29, 1.82) is 0 Å². The summed E-state index contributed by atoms with van der Waals surface area (Å²) in [6, 6.07) is 6.11. The fourth-order valence-corrected chi connectivity index (χ4v) is 2.18. The van der Waals surface area contributed by atoms with E-state index in [4.69, 9.17) is 0 Å². The number of nitrogens with zero attached hydrogens (tertiary/aromatic N) is 1.